The fourth-order valence-corrected chi connectivity index (χ4v) is 3.95. The van der Waals surface area contributed by atoms with Gasteiger partial charge in [0.05, 0.1) is 24.5 Å². The number of para-hydroxylation sites is 1. The van der Waals surface area contributed by atoms with Crippen molar-refractivity contribution in [3.8, 4) is 0 Å². The van der Waals surface area contributed by atoms with Crippen molar-refractivity contribution < 1.29 is 23.0 Å². The van der Waals surface area contributed by atoms with Gasteiger partial charge in [-0.25, -0.2) is 4.98 Å². The summed E-state index contributed by atoms with van der Waals surface area (Å²) in [5, 5.41) is 18.9. The minimum atomic E-state index is -4.61. The molecule has 2 aromatic carbocycles. The first-order chi connectivity index (χ1) is 16.8. The molecule has 2 heterocycles. The van der Waals surface area contributed by atoms with E-state index >= 15 is 0 Å². The number of hydrogen-bond donors (Lipinski definition) is 4. The molecule has 4 rings (SSSR count). The van der Waals surface area contributed by atoms with Crippen molar-refractivity contribution in [1.82, 2.24) is 10.3 Å². The van der Waals surface area contributed by atoms with Gasteiger partial charge in [-0.3, -0.25) is 5.32 Å². The number of aryl methyl sites for hydroxylation is 1. The van der Waals surface area contributed by atoms with Gasteiger partial charge in [-0.05, 0) is 43.8 Å². The van der Waals surface area contributed by atoms with Crippen LogP contribution in [0.1, 0.15) is 22.9 Å². The largest absolute Gasteiger partial charge is 0.419 e. The van der Waals surface area contributed by atoms with Gasteiger partial charge in [0, 0.05) is 48.0 Å². The molecule has 1 atom stereocenters. The number of hydrogen-bond acceptors (Lipinski definition) is 7. The Balaban J connectivity index is 1.63. The van der Waals surface area contributed by atoms with Gasteiger partial charge in [-0.15, -0.1) is 0 Å². The van der Waals surface area contributed by atoms with E-state index in [1.54, 1.807) is 31.3 Å². The number of aromatic nitrogens is 1. The van der Waals surface area contributed by atoms with E-state index in [9.17, 15) is 18.3 Å². The number of aliphatic hydroxyl groups is 1. The number of morpholine rings is 1. The van der Waals surface area contributed by atoms with Gasteiger partial charge in [0.2, 0.25) is 0 Å². The Morgan fingerprint density at radius 1 is 1.00 bits per heavy atom. The molecule has 0 bridgehead atoms. The van der Waals surface area contributed by atoms with Crippen LogP contribution in [0.15, 0.2) is 54.7 Å². The Morgan fingerprint density at radius 2 is 1.74 bits per heavy atom. The second kappa shape index (κ2) is 10.5. The van der Waals surface area contributed by atoms with Crippen molar-refractivity contribution in [1.29, 1.82) is 0 Å². The van der Waals surface area contributed by atoms with Crippen LogP contribution in [-0.2, 0) is 10.9 Å². The summed E-state index contributed by atoms with van der Waals surface area (Å²) in [7, 11) is 1.56. The molecule has 10 heteroatoms. The van der Waals surface area contributed by atoms with E-state index in [-0.39, 0.29) is 11.5 Å². The van der Waals surface area contributed by atoms with Gasteiger partial charge in [-0.1, -0.05) is 18.2 Å². The molecule has 35 heavy (non-hydrogen) atoms. The van der Waals surface area contributed by atoms with Crippen LogP contribution in [0.5, 0.6) is 0 Å². The molecule has 1 aliphatic rings. The fraction of sp³-hybridized carbons (Fsp3) is 0.320. The molecule has 1 unspecified atom stereocenters. The first-order valence-corrected chi connectivity index (χ1v) is 11.2. The highest BCUT2D eigenvalue weighted by Crippen LogP contribution is 2.38. The highest BCUT2D eigenvalue weighted by atomic mass is 19.4. The summed E-state index contributed by atoms with van der Waals surface area (Å²) in [6, 6.07) is 13.8. The molecule has 0 radical (unpaired) electrons. The number of pyridine rings is 1. The van der Waals surface area contributed by atoms with Crippen LogP contribution in [0, 0.1) is 6.92 Å². The summed E-state index contributed by atoms with van der Waals surface area (Å²) in [5.41, 5.74) is 2.44. The molecule has 0 saturated carbocycles. The molecule has 0 spiro atoms. The summed E-state index contributed by atoms with van der Waals surface area (Å²) in [6.07, 6.45) is -4.85. The summed E-state index contributed by atoms with van der Waals surface area (Å²) in [5.74, 6) is 0.259. The first-order valence-electron chi connectivity index (χ1n) is 11.2. The van der Waals surface area contributed by atoms with Crippen LogP contribution >= 0.6 is 0 Å². The van der Waals surface area contributed by atoms with E-state index in [0.717, 1.165) is 36.2 Å². The van der Waals surface area contributed by atoms with Crippen molar-refractivity contribution >= 4 is 28.6 Å². The molecule has 1 fully saturated rings. The van der Waals surface area contributed by atoms with Crippen LogP contribution in [-0.4, -0.2) is 43.4 Å². The van der Waals surface area contributed by atoms with Gasteiger partial charge in [0.15, 0.2) is 0 Å². The third-order valence-electron chi connectivity index (χ3n) is 5.86. The Kier molecular flexibility index (Phi) is 7.44. The number of benzene rings is 2. The SMILES string of the molecule is CNC(O)c1ccccc1Nc1cc(Nc2ccc(N3CCOCC3)cc2C)ncc1C(F)(F)F. The Labute approximate surface area is 201 Å². The molecule has 186 valence electrons. The predicted octanol–water partition coefficient (Wildman–Crippen LogP) is 4.94. The maximum absolute atomic E-state index is 13.7. The Bertz CT molecular complexity index is 1170. The molecule has 3 aromatic rings. The zero-order valence-electron chi connectivity index (χ0n) is 19.5. The van der Waals surface area contributed by atoms with E-state index in [2.05, 4.69) is 25.8 Å². The van der Waals surface area contributed by atoms with Crippen LogP contribution < -0.4 is 20.9 Å². The van der Waals surface area contributed by atoms with Crippen LogP contribution in [0.2, 0.25) is 0 Å². The molecule has 0 amide bonds. The number of aliphatic hydroxyl groups excluding tert-OH is 1. The quantitative estimate of drug-likeness (QED) is 0.352. The fourth-order valence-electron chi connectivity index (χ4n) is 3.95. The molecule has 0 aliphatic carbocycles. The summed E-state index contributed by atoms with van der Waals surface area (Å²) >= 11 is 0. The summed E-state index contributed by atoms with van der Waals surface area (Å²) < 4.78 is 46.6. The molecule has 4 N–H and O–H groups in total. The number of alkyl halides is 3. The molecular formula is C25H28F3N5O2. The van der Waals surface area contributed by atoms with Crippen molar-refractivity contribution in [3.63, 3.8) is 0 Å². The monoisotopic (exact) mass is 487 g/mol. The minimum absolute atomic E-state index is 0.173. The highest BCUT2D eigenvalue weighted by Gasteiger charge is 2.34. The summed E-state index contributed by atoms with van der Waals surface area (Å²) in [6.45, 7) is 4.92. The molecular weight excluding hydrogens is 459 g/mol. The lowest BCUT2D eigenvalue weighted by atomic mass is 10.1. The second-order valence-corrected chi connectivity index (χ2v) is 8.24. The van der Waals surface area contributed by atoms with Crippen molar-refractivity contribution in [2.75, 3.05) is 48.9 Å². The van der Waals surface area contributed by atoms with Gasteiger partial charge in [0.25, 0.3) is 0 Å². The van der Waals surface area contributed by atoms with Crippen LogP contribution in [0.25, 0.3) is 0 Å². The normalized spacial score (nSPS) is 15.1. The van der Waals surface area contributed by atoms with Gasteiger partial charge in [0.1, 0.15) is 12.0 Å². The lowest BCUT2D eigenvalue weighted by Crippen LogP contribution is -2.36. The zero-order valence-corrected chi connectivity index (χ0v) is 19.5. The number of anilines is 5. The lowest BCUT2D eigenvalue weighted by Gasteiger charge is -2.29. The molecule has 1 saturated heterocycles. The van der Waals surface area contributed by atoms with Gasteiger partial charge in [-0.2, -0.15) is 13.2 Å². The maximum atomic E-state index is 13.7. The van der Waals surface area contributed by atoms with Crippen molar-refractivity contribution in [2.24, 2.45) is 0 Å². The van der Waals surface area contributed by atoms with Gasteiger partial charge >= 0.3 is 6.18 Å². The van der Waals surface area contributed by atoms with Crippen molar-refractivity contribution in [3.05, 3.63) is 71.4 Å². The summed E-state index contributed by atoms with van der Waals surface area (Å²) in [4.78, 5) is 6.24. The topological polar surface area (TPSA) is 81.7 Å². The first kappa shape index (κ1) is 24.8. The predicted molar refractivity (Wildman–Crippen MR) is 130 cm³/mol. The van der Waals surface area contributed by atoms with E-state index in [4.69, 9.17) is 4.74 Å². The van der Waals surface area contributed by atoms with E-state index in [1.165, 1.54) is 6.07 Å². The van der Waals surface area contributed by atoms with E-state index in [1.807, 2.05) is 25.1 Å². The number of nitrogens with zero attached hydrogens (tertiary/aromatic N) is 2. The third kappa shape index (κ3) is 5.84. The standard InChI is InChI=1S/C25H28F3N5O2/c1-16-13-17(33-9-11-35-12-10-33)7-8-20(16)32-23-14-22(19(15-30-23)25(26,27)28)31-21-6-4-3-5-18(21)24(34)29-2/h3-8,13-15,24,29,34H,9-12H2,1-2H3,(H2,30,31,32). The van der Waals surface area contributed by atoms with Crippen LogP contribution in [0.4, 0.5) is 41.7 Å². The zero-order chi connectivity index (χ0) is 25.0. The number of halogens is 3. The molecule has 1 aliphatic heterocycles. The number of ether oxygens (including phenoxy) is 1. The van der Waals surface area contributed by atoms with Crippen molar-refractivity contribution in [2.45, 2.75) is 19.3 Å². The minimum Gasteiger partial charge on any atom is -0.378 e. The average Bonchev–Trinajstić information content (AvgIpc) is 2.85. The highest BCUT2D eigenvalue weighted by molar-refractivity contribution is 5.72. The molecule has 1 aromatic heterocycles. The third-order valence-corrected chi connectivity index (χ3v) is 5.86. The Hall–Kier alpha value is -3.34. The van der Waals surface area contributed by atoms with Gasteiger partial charge < -0.3 is 25.4 Å². The smallest absolute Gasteiger partial charge is 0.378 e. The van der Waals surface area contributed by atoms with E-state index < -0.39 is 18.0 Å². The number of rotatable bonds is 7. The van der Waals surface area contributed by atoms with Crippen LogP contribution in [0.3, 0.4) is 0 Å². The number of nitrogens with one attached hydrogen (secondary N) is 3. The second-order valence-electron chi connectivity index (χ2n) is 8.24. The molecule has 7 nitrogen and oxygen atoms in total. The Morgan fingerprint density at radius 3 is 2.43 bits per heavy atom. The maximum Gasteiger partial charge on any atom is 0.419 e. The van der Waals surface area contributed by atoms with E-state index in [0.29, 0.717) is 24.5 Å². The average molecular weight is 488 g/mol. The lowest BCUT2D eigenvalue weighted by molar-refractivity contribution is -0.137.